The third-order valence-corrected chi connectivity index (χ3v) is 13.8. The zero-order valence-corrected chi connectivity index (χ0v) is 37.9. The Balaban J connectivity index is 1.62. The van der Waals surface area contributed by atoms with Crippen molar-refractivity contribution >= 4 is 33.6 Å². The fraction of sp³-hybridized carbons (Fsp3) is 0.490. The Morgan fingerprint density at radius 3 is 2.38 bits per heavy atom. The minimum atomic E-state index is -4.27. The number of hydrogen-bond donors (Lipinski definition) is 3. The van der Waals surface area contributed by atoms with Crippen LogP contribution in [0.2, 0.25) is 0 Å². The number of nitrogens with zero attached hydrogens (tertiary/aromatic N) is 2. The summed E-state index contributed by atoms with van der Waals surface area (Å²) in [5, 5.41) is 27.5. The van der Waals surface area contributed by atoms with Gasteiger partial charge in [0.2, 0.25) is 21.7 Å². The number of carbonyl (C=O) groups excluding carboxylic acids is 2. The summed E-state index contributed by atoms with van der Waals surface area (Å²) in [6.45, 7) is 13.3. The van der Waals surface area contributed by atoms with Crippen LogP contribution in [0.1, 0.15) is 108 Å². The number of amides is 1. The number of allylic oxidation sites excluding steroid dienone is 1. The number of aliphatic hydroxyl groups excluding tert-OH is 2. The lowest BCUT2D eigenvalue weighted by molar-refractivity contribution is -0.251. The normalized spacial score (nSPS) is 23.5. The Bertz CT molecular complexity index is 2250. The summed E-state index contributed by atoms with van der Waals surface area (Å²) in [5.41, 5.74) is 2.55. The van der Waals surface area contributed by atoms with Gasteiger partial charge in [-0.1, -0.05) is 49.2 Å². The van der Waals surface area contributed by atoms with Gasteiger partial charge in [-0.2, -0.15) is 4.31 Å². The van der Waals surface area contributed by atoms with Crippen LogP contribution >= 0.6 is 0 Å². The Labute approximate surface area is 372 Å². The number of benzene rings is 3. The first kappa shape index (κ1) is 47.6. The van der Waals surface area contributed by atoms with Crippen LogP contribution in [0.4, 0.5) is 5.69 Å². The lowest BCUT2D eigenvalue weighted by Crippen LogP contribution is -2.70. The first-order valence-electron chi connectivity index (χ1n) is 22.1. The van der Waals surface area contributed by atoms with Crippen LogP contribution < -0.4 is 14.8 Å². The second-order valence-corrected chi connectivity index (χ2v) is 19.5. The van der Waals surface area contributed by atoms with E-state index in [1.165, 1.54) is 23.4 Å². The van der Waals surface area contributed by atoms with Crippen molar-refractivity contribution < 1.29 is 47.3 Å². The number of rotatable bonds is 21. The van der Waals surface area contributed by atoms with Crippen LogP contribution in [-0.2, 0) is 24.4 Å². The predicted molar refractivity (Wildman–Crippen MR) is 243 cm³/mol. The molecule has 3 aromatic rings. The molecule has 2 aliphatic carbocycles. The molecule has 3 aromatic carbocycles. The number of carbonyl (C=O) groups is 2. The SMILES string of the molecule is C=CCO[C@@]12Oc3ccc(Oc4cccc(C=O)c4)cc3[C@H]3[C@H](CCCCO)[C@@H](CCCCO)C=C(C(=NOC(C)(C)C)C[C@@H]1N(CCC)S(=O)(=O)c1ccc(NC(C)=O)cc1)[C@H]32. The first-order valence-corrected chi connectivity index (χ1v) is 23.5. The molecule has 0 unspecified atom stereocenters. The van der Waals surface area contributed by atoms with E-state index in [0.29, 0.717) is 53.5 Å². The molecule has 0 bridgehead atoms. The van der Waals surface area contributed by atoms with E-state index in [-0.39, 0.29) is 61.3 Å². The number of hydrogen-bond acceptors (Lipinski definition) is 11. The van der Waals surface area contributed by atoms with Gasteiger partial charge in [-0.3, -0.25) is 9.59 Å². The minimum absolute atomic E-state index is 0.00242. The first-order chi connectivity index (χ1) is 30.2. The molecule has 6 rings (SSSR count). The lowest BCUT2D eigenvalue weighted by atomic mass is 9.55. The second-order valence-electron chi connectivity index (χ2n) is 17.6. The molecule has 0 radical (unpaired) electrons. The number of sulfonamides is 1. The molecule has 6 atom stereocenters. The van der Waals surface area contributed by atoms with Gasteiger partial charge in [0.05, 0.1) is 29.2 Å². The van der Waals surface area contributed by atoms with Gasteiger partial charge in [0.25, 0.3) is 0 Å². The van der Waals surface area contributed by atoms with E-state index >= 15 is 8.42 Å². The highest BCUT2D eigenvalue weighted by atomic mass is 32.2. The van der Waals surface area contributed by atoms with E-state index in [2.05, 4.69) is 18.0 Å². The van der Waals surface area contributed by atoms with Gasteiger partial charge in [-0.15, -0.1) is 6.58 Å². The van der Waals surface area contributed by atoms with E-state index in [1.807, 2.05) is 39.8 Å². The van der Waals surface area contributed by atoms with Gasteiger partial charge in [-0.25, -0.2) is 8.42 Å². The molecule has 3 aliphatic rings. The molecule has 1 amide bonds. The highest BCUT2D eigenvalue weighted by Crippen LogP contribution is 2.62. The molecule has 13 nitrogen and oxygen atoms in total. The van der Waals surface area contributed by atoms with Crippen molar-refractivity contribution in [3.8, 4) is 17.2 Å². The smallest absolute Gasteiger partial charge is 0.243 e. The third-order valence-electron chi connectivity index (χ3n) is 11.9. The summed E-state index contributed by atoms with van der Waals surface area (Å²) < 4.78 is 52.6. The third kappa shape index (κ3) is 10.7. The molecule has 1 aliphatic heterocycles. The topological polar surface area (TPSA) is 173 Å². The summed E-state index contributed by atoms with van der Waals surface area (Å²) in [7, 11) is -4.27. The van der Waals surface area contributed by atoms with Gasteiger partial charge in [0.15, 0.2) is 0 Å². The number of anilines is 1. The Morgan fingerprint density at radius 2 is 1.73 bits per heavy atom. The average Bonchev–Trinajstić information content (AvgIpc) is 3.25. The summed E-state index contributed by atoms with van der Waals surface area (Å²) in [6.07, 6.45) is 9.46. The number of unbranched alkanes of at least 4 members (excludes halogenated alkanes) is 2. The van der Waals surface area contributed by atoms with Gasteiger partial charge in [-0.05, 0) is 125 Å². The fourth-order valence-electron chi connectivity index (χ4n) is 9.38. The highest BCUT2D eigenvalue weighted by molar-refractivity contribution is 7.89. The number of nitrogens with one attached hydrogen (secondary N) is 1. The molecule has 1 fully saturated rings. The van der Waals surface area contributed by atoms with Crippen LogP contribution in [0, 0.1) is 17.8 Å². The maximum atomic E-state index is 15.2. The van der Waals surface area contributed by atoms with E-state index < -0.39 is 33.4 Å². The van der Waals surface area contributed by atoms with Crippen molar-refractivity contribution in [1.29, 1.82) is 0 Å². The fourth-order valence-corrected chi connectivity index (χ4v) is 11.1. The molecular formula is C49H63N3O10S. The minimum Gasteiger partial charge on any atom is -0.460 e. The van der Waals surface area contributed by atoms with Gasteiger partial charge in [0, 0.05) is 55.8 Å². The molecule has 0 aromatic heterocycles. The van der Waals surface area contributed by atoms with E-state index in [0.717, 1.165) is 43.1 Å². The van der Waals surface area contributed by atoms with Crippen molar-refractivity contribution in [2.24, 2.45) is 22.9 Å². The molecular weight excluding hydrogens is 823 g/mol. The molecule has 1 heterocycles. The van der Waals surface area contributed by atoms with E-state index in [9.17, 15) is 19.8 Å². The number of aliphatic hydroxyl groups is 2. The molecule has 63 heavy (non-hydrogen) atoms. The maximum Gasteiger partial charge on any atom is 0.243 e. The van der Waals surface area contributed by atoms with Crippen molar-refractivity contribution in [1.82, 2.24) is 4.31 Å². The Kier molecular flexibility index (Phi) is 15.7. The van der Waals surface area contributed by atoms with Crippen LogP contribution in [0.15, 0.2) is 101 Å². The summed E-state index contributed by atoms with van der Waals surface area (Å²) in [4.78, 5) is 29.8. The average molecular weight is 886 g/mol. The zero-order valence-electron chi connectivity index (χ0n) is 37.1. The van der Waals surface area contributed by atoms with Crippen molar-refractivity contribution in [3.63, 3.8) is 0 Å². The number of ether oxygens (including phenoxy) is 3. The molecule has 0 spiro atoms. The van der Waals surface area contributed by atoms with Crippen LogP contribution in [0.5, 0.6) is 17.2 Å². The molecule has 0 saturated heterocycles. The standard InChI is InChI=1S/C49H63N3O10S/c1-7-24-52(63(57,58)39-21-18-36(19-22-39)50-33(3)56)45-31-43(51-62-48(4,5)6)41-29-35(15-9-11-25-53)40(17-10-12-26-54)46-42-30-38(60-37-16-13-14-34(28-37)32-55)20-23-44(42)61-49(45,47(41)46)59-27-8-2/h8,13-14,16,18-23,28-30,32,35,40,45-47,53-54H,2,7,9-12,15,17,24-27,31H2,1,3-6H3,(H,50,56)/t35-,40+,45-,46+,47+,49+/m0/s1. The van der Waals surface area contributed by atoms with Crippen LogP contribution in [-0.4, -0.2) is 84.6 Å². The lowest BCUT2D eigenvalue weighted by Gasteiger charge is -2.59. The molecule has 1 saturated carbocycles. The number of fused-ring (bicyclic) bond motifs is 2. The van der Waals surface area contributed by atoms with Gasteiger partial charge in [0.1, 0.15) is 29.1 Å². The Hall–Kier alpha value is -4.86. The largest absolute Gasteiger partial charge is 0.460 e. The summed E-state index contributed by atoms with van der Waals surface area (Å²) in [5.74, 6) is -1.37. The molecule has 340 valence electrons. The summed E-state index contributed by atoms with van der Waals surface area (Å²) >= 11 is 0. The van der Waals surface area contributed by atoms with E-state index in [4.69, 9.17) is 24.2 Å². The zero-order chi connectivity index (χ0) is 45.4. The summed E-state index contributed by atoms with van der Waals surface area (Å²) in [6, 6.07) is 17.7. The van der Waals surface area contributed by atoms with Gasteiger partial charge < -0.3 is 34.6 Å². The van der Waals surface area contributed by atoms with Crippen molar-refractivity contribution in [2.45, 2.75) is 114 Å². The van der Waals surface area contributed by atoms with Crippen molar-refractivity contribution in [2.75, 3.05) is 31.7 Å². The van der Waals surface area contributed by atoms with Crippen molar-refractivity contribution in [3.05, 3.63) is 102 Å². The van der Waals surface area contributed by atoms with Gasteiger partial charge >= 0.3 is 0 Å². The number of oxime groups is 1. The van der Waals surface area contributed by atoms with Crippen LogP contribution in [0.25, 0.3) is 0 Å². The molecule has 3 N–H and O–H groups in total. The second kappa shape index (κ2) is 20.8. The van der Waals surface area contributed by atoms with E-state index in [1.54, 1.807) is 48.5 Å². The number of aldehydes is 1. The maximum absolute atomic E-state index is 15.2. The quantitative estimate of drug-likeness (QED) is 0.0406. The molecule has 14 heteroatoms. The highest BCUT2D eigenvalue weighted by Gasteiger charge is 2.66. The Morgan fingerprint density at radius 1 is 1.02 bits per heavy atom. The predicted octanol–water partition coefficient (Wildman–Crippen LogP) is 8.78. The van der Waals surface area contributed by atoms with Crippen LogP contribution in [0.3, 0.4) is 0 Å². The monoisotopic (exact) mass is 885 g/mol.